The van der Waals surface area contributed by atoms with Crippen LogP contribution in [0.2, 0.25) is 0 Å². The maximum Gasteiger partial charge on any atom is 0.248 e. The molecule has 2 N–H and O–H groups in total. The van der Waals surface area contributed by atoms with Crippen molar-refractivity contribution in [3.05, 3.63) is 70.0 Å². The van der Waals surface area contributed by atoms with Gasteiger partial charge in [0.1, 0.15) is 11.5 Å². The first-order valence-electron chi connectivity index (χ1n) is 8.78. The van der Waals surface area contributed by atoms with Crippen molar-refractivity contribution in [3.63, 3.8) is 0 Å². The van der Waals surface area contributed by atoms with Gasteiger partial charge in [-0.1, -0.05) is 18.2 Å². The van der Waals surface area contributed by atoms with E-state index in [2.05, 4.69) is 10.3 Å². The third kappa shape index (κ3) is 3.62. The molecular formula is C22H22N2O4. The Balaban J connectivity index is 2.00. The van der Waals surface area contributed by atoms with Gasteiger partial charge in [-0.15, -0.1) is 0 Å². The van der Waals surface area contributed by atoms with Gasteiger partial charge in [0.2, 0.25) is 5.91 Å². The number of aromatic amines is 1. The minimum Gasteiger partial charge on any atom is -0.495 e. The number of para-hydroxylation sites is 3. The number of fused-ring (bicyclic) bond motifs is 1. The van der Waals surface area contributed by atoms with Gasteiger partial charge >= 0.3 is 0 Å². The van der Waals surface area contributed by atoms with Crippen LogP contribution in [0.5, 0.6) is 11.5 Å². The molecule has 28 heavy (non-hydrogen) atoms. The predicted octanol–water partition coefficient (Wildman–Crippen LogP) is 3.90. The summed E-state index contributed by atoms with van der Waals surface area (Å²) in [5.74, 6) is 0.820. The number of pyridine rings is 1. The number of hydrogen-bond acceptors (Lipinski definition) is 4. The molecule has 0 aliphatic rings. The SMILES string of the molecule is COc1ccccc1NC(=O)/C=C(/C)c1c(C)[nH]c2c(OC)cccc2c1=O. The Morgan fingerprint density at radius 1 is 1.04 bits per heavy atom. The topological polar surface area (TPSA) is 80.4 Å². The molecule has 0 radical (unpaired) electrons. The first-order chi connectivity index (χ1) is 13.5. The lowest BCUT2D eigenvalue weighted by Gasteiger charge is -2.12. The number of rotatable bonds is 5. The monoisotopic (exact) mass is 378 g/mol. The number of benzene rings is 2. The average molecular weight is 378 g/mol. The Bertz CT molecular complexity index is 1130. The number of carbonyl (C=O) groups is 1. The number of hydrogen-bond donors (Lipinski definition) is 2. The average Bonchev–Trinajstić information content (AvgIpc) is 2.68. The summed E-state index contributed by atoms with van der Waals surface area (Å²) >= 11 is 0. The van der Waals surface area contributed by atoms with Crippen molar-refractivity contribution in [2.75, 3.05) is 19.5 Å². The quantitative estimate of drug-likeness (QED) is 0.660. The van der Waals surface area contributed by atoms with E-state index in [4.69, 9.17) is 9.47 Å². The molecule has 0 saturated carbocycles. The lowest BCUT2D eigenvalue weighted by Crippen LogP contribution is -2.15. The second kappa shape index (κ2) is 8.00. The van der Waals surface area contributed by atoms with Crippen LogP contribution in [0.15, 0.2) is 53.3 Å². The highest BCUT2D eigenvalue weighted by Gasteiger charge is 2.14. The molecule has 0 bridgehead atoms. The van der Waals surface area contributed by atoms with Crippen LogP contribution in [0.25, 0.3) is 16.5 Å². The van der Waals surface area contributed by atoms with Crippen LogP contribution in [-0.2, 0) is 4.79 Å². The van der Waals surface area contributed by atoms with Crippen LogP contribution in [0.3, 0.4) is 0 Å². The zero-order chi connectivity index (χ0) is 20.3. The fraction of sp³-hybridized carbons (Fsp3) is 0.182. The fourth-order valence-corrected chi connectivity index (χ4v) is 3.23. The predicted molar refractivity (Wildman–Crippen MR) is 111 cm³/mol. The van der Waals surface area contributed by atoms with E-state index in [1.165, 1.54) is 6.08 Å². The van der Waals surface area contributed by atoms with Crippen LogP contribution < -0.4 is 20.2 Å². The molecule has 2 aromatic carbocycles. The molecule has 1 aromatic heterocycles. The van der Waals surface area contributed by atoms with Gasteiger partial charge in [-0.05, 0) is 43.7 Å². The Morgan fingerprint density at radius 2 is 1.71 bits per heavy atom. The summed E-state index contributed by atoms with van der Waals surface area (Å²) in [4.78, 5) is 28.7. The molecule has 0 fully saturated rings. The highest BCUT2D eigenvalue weighted by Crippen LogP contribution is 2.25. The molecule has 3 rings (SSSR count). The molecule has 0 aliphatic heterocycles. The van der Waals surface area contributed by atoms with Crippen molar-refractivity contribution in [1.29, 1.82) is 0 Å². The smallest absolute Gasteiger partial charge is 0.248 e. The number of amides is 1. The third-order valence-electron chi connectivity index (χ3n) is 4.51. The number of methoxy groups -OCH3 is 2. The number of aryl methyl sites for hydroxylation is 1. The summed E-state index contributed by atoms with van der Waals surface area (Å²) in [5.41, 5.74) is 2.76. The van der Waals surface area contributed by atoms with Crippen molar-refractivity contribution in [2.45, 2.75) is 13.8 Å². The van der Waals surface area contributed by atoms with Crippen molar-refractivity contribution < 1.29 is 14.3 Å². The minimum atomic E-state index is -0.341. The number of H-pyrrole nitrogens is 1. The summed E-state index contributed by atoms with van der Waals surface area (Å²) in [6.07, 6.45) is 1.41. The number of anilines is 1. The van der Waals surface area contributed by atoms with Crippen LogP contribution >= 0.6 is 0 Å². The molecule has 6 heteroatoms. The summed E-state index contributed by atoms with van der Waals surface area (Å²) in [7, 11) is 3.10. The van der Waals surface area contributed by atoms with Gasteiger partial charge in [-0.2, -0.15) is 0 Å². The van der Waals surface area contributed by atoms with Crippen LogP contribution in [-0.4, -0.2) is 25.1 Å². The van der Waals surface area contributed by atoms with Gasteiger partial charge in [0.15, 0.2) is 5.43 Å². The Hall–Kier alpha value is -3.54. The molecule has 0 unspecified atom stereocenters. The maximum absolute atomic E-state index is 13.0. The van der Waals surface area contributed by atoms with Gasteiger partial charge in [-0.3, -0.25) is 9.59 Å². The molecule has 6 nitrogen and oxygen atoms in total. The van der Waals surface area contributed by atoms with E-state index in [1.807, 2.05) is 6.07 Å². The minimum absolute atomic E-state index is 0.149. The largest absolute Gasteiger partial charge is 0.495 e. The van der Waals surface area contributed by atoms with Gasteiger partial charge in [0.25, 0.3) is 0 Å². The van der Waals surface area contributed by atoms with Crippen LogP contribution in [0.4, 0.5) is 5.69 Å². The Kier molecular flexibility index (Phi) is 5.49. The summed E-state index contributed by atoms with van der Waals surface area (Å²) in [6.45, 7) is 3.55. The number of allylic oxidation sites excluding steroid dienone is 1. The van der Waals surface area contributed by atoms with Gasteiger partial charge < -0.3 is 19.8 Å². The zero-order valence-corrected chi connectivity index (χ0v) is 16.3. The molecule has 0 saturated heterocycles. The van der Waals surface area contributed by atoms with E-state index in [9.17, 15) is 9.59 Å². The molecule has 0 aliphatic carbocycles. The van der Waals surface area contributed by atoms with Gasteiger partial charge in [0.05, 0.1) is 25.4 Å². The molecule has 144 valence electrons. The second-order valence-corrected chi connectivity index (χ2v) is 6.35. The Labute approximate surface area is 162 Å². The maximum atomic E-state index is 13.0. The van der Waals surface area contributed by atoms with E-state index in [-0.39, 0.29) is 11.3 Å². The van der Waals surface area contributed by atoms with E-state index in [0.29, 0.717) is 44.9 Å². The fourth-order valence-electron chi connectivity index (χ4n) is 3.23. The molecule has 3 aromatic rings. The number of nitrogens with one attached hydrogen (secondary N) is 2. The lowest BCUT2D eigenvalue weighted by molar-refractivity contribution is -0.111. The zero-order valence-electron chi connectivity index (χ0n) is 16.3. The molecule has 0 spiro atoms. The molecule has 0 atom stereocenters. The number of carbonyl (C=O) groups excluding carboxylic acids is 1. The van der Waals surface area contributed by atoms with E-state index >= 15 is 0 Å². The summed E-state index contributed by atoms with van der Waals surface area (Å²) in [6, 6.07) is 12.4. The van der Waals surface area contributed by atoms with E-state index in [0.717, 1.165) is 0 Å². The Morgan fingerprint density at radius 3 is 2.43 bits per heavy atom. The van der Waals surface area contributed by atoms with Crippen molar-refractivity contribution in [2.24, 2.45) is 0 Å². The van der Waals surface area contributed by atoms with E-state index < -0.39 is 0 Å². The van der Waals surface area contributed by atoms with Crippen LogP contribution in [0, 0.1) is 6.92 Å². The third-order valence-corrected chi connectivity index (χ3v) is 4.51. The summed E-state index contributed by atoms with van der Waals surface area (Å²) in [5, 5.41) is 3.30. The highest BCUT2D eigenvalue weighted by molar-refractivity contribution is 6.05. The molecular weight excluding hydrogens is 356 g/mol. The normalized spacial score (nSPS) is 11.4. The summed E-state index contributed by atoms with van der Waals surface area (Å²) < 4.78 is 10.6. The van der Waals surface area contributed by atoms with Crippen molar-refractivity contribution in [1.82, 2.24) is 4.98 Å². The van der Waals surface area contributed by atoms with Gasteiger partial charge in [-0.25, -0.2) is 0 Å². The second-order valence-electron chi connectivity index (χ2n) is 6.35. The first kappa shape index (κ1) is 19.2. The van der Waals surface area contributed by atoms with E-state index in [1.54, 1.807) is 64.5 Å². The van der Waals surface area contributed by atoms with Gasteiger partial charge in [0, 0.05) is 22.7 Å². The van der Waals surface area contributed by atoms with Crippen molar-refractivity contribution >= 4 is 28.1 Å². The van der Waals surface area contributed by atoms with Crippen LogP contribution in [0.1, 0.15) is 18.2 Å². The standard InChI is InChI=1S/C22H22N2O4/c1-13(12-19(25)24-16-9-5-6-10-17(16)27-3)20-14(2)23-21-15(22(20)26)8-7-11-18(21)28-4/h5-12H,1-4H3,(H,23,26)(H,24,25)/b13-12-. The number of aromatic nitrogens is 1. The molecule has 1 heterocycles. The highest BCUT2D eigenvalue weighted by atomic mass is 16.5. The lowest BCUT2D eigenvalue weighted by atomic mass is 10.0. The molecule has 1 amide bonds. The number of ether oxygens (including phenoxy) is 2. The first-order valence-corrected chi connectivity index (χ1v) is 8.78. The van der Waals surface area contributed by atoms with Crippen molar-refractivity contribution in [3.8, 4) is 11.5 Å².